The lowest BCUT2D eigenvalue weighted by atomic mass is 9.93. The predicted octanol–water partition coefficient (Wildman–Crippen LogP) is 1.58. The zero-order valence-electron chi connectivity index (χ0n) is 15.8. The van der Waals surface area contributed by atoms with Crippen LogP contribution < -0.4 is 5.32 Å². The fourth-order valence-electron chi connectivity index (χ4n) is 3.74. The number of halogens is 1. The number of pyridine rings is 1. The number of piperidine rings is 2. The van der Waals surface area contributed by atoms with Crippen LogP contribution in [0.2, 0.25) is 5.02 Å². The van der Waals surface area contributed by atoms with Crippen molar-refractivity contribution in [1.82, 2.24) is 14.2 Å². The van der Waals surface area contributed by atoms with E-state index in [9.17, 15) is 18.0 Å². The van der Waals surface area contributed by atoms with E-state index in [1.54, 1.807) is 17.0 Å². The van der Waals surface area contributed by atoms with Gasteiger partial charge in [0.15, 0.2) is 0 Å². The highest BCUT2D eigenvalue weighted by Gasteiger charge is 2.35. The van der Waals surface area contributed by atoms with Gasteiger partial charge in [-0.1, -0.05) is 11.6 Å². The van der Waals surface area contributed by atoms with Gasteiger partial charge in [0.2, 0.25) is 21.8 Å². The Morgan fingerprint density at radius 1 is 1.14 bits per heavy atom. The number of carbonyl (C=O) groups is 2. The summed E-state index contributed by atoms with van der Waals surface area (Å²) in [5, 5.41) is 3.29. The second-order valence-electron chi connectivity index (χ2n) is 7.41. The quantitative estimate of drug-likeness (QED) is 0.784. The van der Waals surface area contributed by atoms with Gasteiger partial charge < -0.3 is 10.2 Å². The first-order valence-electron chi connectivity index (χ1n) is 9.40. The Balaban J connectivity index is 1.51. The molecule has 1 aromatic heterocycles. The summed E-state index contributed by atoms with van der Waals surface area (Å²) in [6.07, 6.45) is 5.20. The van der Waals surface area contributed by atoms with Crippen molar-refractivity contribution >= 4 is 39.3 Å². The minimum atomic E-state index is -3.28. The van der Waals surface area contributed by atoms with Crippen LogP contribution in [0.3, 0.4) is 0 Å². The van der Waals surface area contributed by atoms with Gasteiger partial charge in [0.05, 0.1) is 17.2 Å². The zero-order valence-corrected chi connectivity index (χ0v) is 17.4. The molecule has 3 heterocycles. The standard InChI is InChI=1S/C18H25ClN4O4S/c1-28(26,27)23-8-2-3-14(12-23)18(25)22-9-6-13(7-10-22)17(24)21-16-5-4-15(19)11-20-16/h4-5,11,13-14H,2-3,6-10,12H2,1H3,(H,20,21,24). The summed E-state index contributed by atoms with van der Waals surface area (Å²) in [5.74, 6) is -0.141. The van der Waals surface area contributed by atoms with Gasteiger partial charge in [-0.3, -0.25) is 9.59 Å². The number of nitrogens with zero attached hydrogens (tertiary/aromatic N) is 3. The minimum absolute atomic E-state index is 0.00780. The molecule has 1 atom stereocenters. The van der Waals surface area contributed by atoms with Crippen molar-refractivity contribution in [2.75, 3.05) is 37.8 Å². The molecule has 2 aliphatic heterocycles. The van der Waals surface area contributed by atoms with E-state index >= 15 is 0 Å². The van der Waals surface area contributed by atoms with Crippen LogP contribution in [0.25, 0.3) is 0 Å². The molecule has 1 aromatic rings. The molecule has 10 heteroatoms. The number of amides is 2. The fourth-order valence-corrected chi connectivity index (χ4v) is 4.77. The summed E-state index contributed by atoms with van der Waals surface area (Å²) in [7, 11) is -3.28. The topological polar surface area (TPSA) is 99.7 Å². The average molecular weight is 429 g/mol. The Kier molecular flexibility index (Phi) is 6.57. The van der Waals surface area contributed by atoms with Crippen molar-refractivity contribution in [3.63, 3.8) is 0 Å². The van der Waals surface area contributed by atoms with Gasteiger partial charge in [-0.05, 0) is 37.8 Å². The lowest BCUT2D eigenvalue weighted by molar-refractivity contribution is -0.139. The fraction of sp³-hybridized carbons (Fsp3) is 0.611. The van der Waals surface area contributed by atoms with Crippen molar-refractivity contribution < 1.29 is 18.0 Å². The molecular formula is C18H25ClN4O4S. The van der Waals surface area contributed by atoms with Crippen molar-refractivity contribution in [2.45, 2.75) is 25.7 Å². The largest absolute Gasteiger partial charge is 0.342 e. The highest BCUT2D eigenvalue weighted by Crippen LogP contribution is 2.25. The molecule has 1 unspecified atom stereocenters. The molecule has 0 radical (unpaired) electrons. The van der Waals surface area contributed by atoms with Crippen molar-refractivity contribution in [3.05, 3.63) is 23.4 Å². The summed E-state index contributed by atoms with van der Waals surface area (Å²) in [6.45, 7) is 1.73. The second kappa shape index (κ2) is 8.75. The molecule has 2 fully saturated rings. The van der Waals surface area contributed by atoms with Crippen molar-refractivity contribution in [3.8, 4) is 0 Å². The number of aromatic nitrogens is 1. The van der Waals surface area contributed by atoms with Crippen LogP contribution in [0.5, 0.6) is 0 Å². The average Bonchev–Trinajstić information content (AvgIpc) is 2.69. The third-order valence-corrected chi connectivity index (χ3v) is 6.85. The predicted molar refractivity (Wildman–Crippen MR) is 106 cm³/mol. The van der Waals surface area contributed by atoms with E-state index in [0.29, 0.717) is 56.2 Å². The lowest BCUT2D eigenvalue weighted by Gasteiger charge is -2.36. The van der Waals surface area contributed by atoms with Gasteiger partial charge in [-0.2, -0.15) is 0 Å². The smallest absolute Gasteiger partial charge is 0.228 e. The monoisotopic (exact) mass is 428 g/mol. The van der Waals surface area contributed by atoms with Crippen LogP contribution in [0, 0.1) is 11.8 Å². The summed E-state index contributed by atoms with van der Waals surface area (Å²) in [4.78, 5) is 31.1. The number of nitrogens with one attached hydrogen (secondary N) is 1. The molecule has 0 saturated carbocycles. The SMILES string of the molecule is CS(=O)(=O)N1CCCC(C(=O)N2CCC(C(=O)Nc3ccc(Cl)cn3)CC2)C1. The summed E-state index contributed by atoms with van der Waals surface area (Å²) < 4.78 is 24.9. The maximum Gasteiger partial charge on any atom is 0.228 e. The van der Waals surface area contributed by atoms with Gasteiger partial charge in [0.25, 0.3) is 0 Å². The highest BCUT2D eigenvalue weighted by molar-refractivity contribution is 7.88. The van der Waals surface area contributed by atoms with E-state index in [4.69, 9.17) is 11.6 Å². The second-order valence-corrected chi connectivity index (χ2v) is 9.83. The molecule has 0 spiro atoms. The Hall–Kier alpha value is -1.71. The molecule has 0 aliphatic carbocycles. The van der Waals surface area contributed by atoms with Gasteiger partial charge in [0, 0.05) is 38.3 Å². The van der Waals surface area contributed by atoms with Crippen LogP contribution in [0.1, 0.15) is 25.7 Å². The number of carbonyl (C=O) groups excluding carboxylic acids is 2. The van der Waals surface area contributed by atoms with Gasteiger partial charge in [-0.15, -0.1) is 0 Å². The van der Waals surface area contributed by atoms with E-state index < -0.39 is 10.0 Å². The third kappa shape index (κ3) is 5.21. The van der Waals surface area contributed by atoms with Crippen LogP contribution in [0.4, 0.5) is 5.82 Å². The molecule has 2 saturated heterocycles. The molecule has 3 rings (SSSR count). The number of sulfonamides is 1. The molecular weight excluding hydrogens is 404 g/mol. The van der Waals surface area contributed by atoms with Crippen LogP contribution >= 0.6 is 11.6 Å². The molecule has 0 aromatic carbocycles. The van der Waals surface area contributed by atoms with E-state index in [1.165, 1.54) is 16.8 Å². The number of rotatable bonds is 4. The zero-order chi connectivity index (χ0) is 20.3. The molecule has 8 nitrogen and oxygen atoms in total. The first-order valence-corrected chi connectivity index (χ1v) is 11.6. The van der Waals surface area contributed by atoms with Gasteiger partial charge in [0.1, 0.15) is 5.82 Å². The van der Waals surface area contributed by atoms with Crippen molar-refractivity contribution in [1.29, 1.82) is 0 Å². The molecule has 28 heavy (non-hydrogen) atoms. The molecule has 2 amide bonds. The van der Waals surface area contributed by atoms with E-state index in [2.05, 4.69) is 10.3 Å². The Labute approximate surface area is 170 Å². The van der Waals surface area contributed by atoms with Crippen molar-refractivity contribution in [2.24, 2.45) is 11.8 Å². The lowest BCUT2D eigenvalue weighted by Crippen LogP contribution is -2.49. The molecule has 154 valence electrons. The molecule has 0 bridgehead atoms. The summed E-state index contributed by atoms with van der Waals surface area (Å²) in [6, 6.07) is 3.31. The molecule has 1 N–H and O–H groups in total. The van der Waals surface area contributed by atoms with E-state index in [-0.39, 0.29) is 30.2 Å². The Morgan fingerprint density at radius 3 is 2.46 bits per heavy atom. The highest BCUT2D eigenvalue weighted by atomic mass is 35.5. The normalized spacial score (nSPS) is 22.1. The summed E-state index contributed by atoms with van der Waals surface area (Å²) in [5.41, 5.74) is 0. The van der Waals surface area contributed by atoms with E-state index in [0.717, 1.165) is 0 Å². The van der Waals surface area contributed by atoms with E-state index in [1.807, 2.05) is 0 Å². The maximum absolute atomic E-state index is 12.8. The van der Waals surface area contributed by atoms with Gasteiger partial charge >= 0.3 is 0 Å². The number of hydrogen-bond donors (Lipinski definition) is 1. The van der Waals surface area contributed by atoms with Gasteiger partial charge in [-0.25, -0.2) is 17.7 Å². The third-order valence-electron chi connectivity index (χ3n) is 5.36. The van der Waals surface area contributed by atoms with Crippen LogP contribution in [0.15, 0.2) is 18.3 Å². The molecule has 2 aliphatic rings. The first-order chi connectivity index (χ1) is 13.2. The first kappa shape index (κ1) is 21.0. The Bertz CT molecular complexity index is 822. The number of likely N-dealkylation sites (tertiary alicyclic amines) is 1. The van der Waals surface area contributed by atoms with Crippen LogP contribution in [-0.4, -0.2) is 66.9 Å². The minimum Gasteiger partial charge on any atom is -0.342 e. The number of hydrogen-bond acceptors (Lipinski definition) is 5. The summed E-state index contributed by atoms with van der Waals surface area (Å²) >= 11 is 5.79. The van der Waals surface area contributed by atoms with Crippen LogP contribution in [-0.2, 0) is 19.6 Å². The maximum atomic E-state index is 12.8. The Morgan fingerprint density at radius 2 is 1.86 bits per heavy atom. The number of anilines is 1.